The fourth-order valence-corrected chi connectivity index (χ4v) is 1.61. The van der Waals surface area contributed by atoms with Gasteiger partial charge in [-0.15, -0.1) is 0 Å². The smallest absolute Gasteiger partial charge is 0.328 e. The lowest BCUT2D eigenvalue weighted by atomic mass is 10.0. The SMILES string of the molecule is CC(N)Cc1c(Cl)cccc1C(F)(F)F. The summed E-state index contributed by atoms with van der Waals surface area (Å²) < 4.78 is 37.7. The third kappa shape index (κ3) is 3.11. The van der Waals surface area contributed by atoms with Crippen LogP contribution in [0.5, 0.6) is 0 Å². The van der Waals surface area contributed by atoms with Gasteiger partial charge < -0.3 is 5.73 Å². The Morgan fingerprint density at radius 3 is 2.47 bits per heavy atom. The van der Waals surface area contributed by atoms with Crippen molar-refractivity contribution in [3.8, 4) is 0 Å². The molecule has 0 aliphatic rings. The van der Waals surface area contributed by atoms with Gasteiger partial charge in [0.1, 0.15) is 0 Å². The number of nitrogens with two attached hydrogens (primary N) is 1. The molecule has 1 aromatic rings. The summed E-state index contributed by atoms with van der Waals surface area (Å²) in [4.78, 5) is 0. The minimum atomic E-state index is -4.38. The molecular formula is C10H11ClF3N. The van der Waals surface area contributed by atoms with E-state index in [1.165, 1.54) is 12.1 Å². The normalized spacial score (nSPS) is 14.0. The van der Waals surface area contributed by atoms with Crippen LogP contribution >= 0.6 is 11.6 Å². The molecule has 0 aromatic heterocycles. The summed E-state index contributed by atoms with van der Waals surface area (Å²) in [6.45, 7) is 1.64. The highest BCUT2D eigenvalue weighted by molar-refractivity contribution is 6.31. The molecule has 0 fully saturated rings. The summed E-state index contributed by atoms with van der Waals surface area (Å²) in [6, 6.07) is 3.39. The van der Waals surface area contributed by atoms with Crippen LogP contribution in [0.15, 0.2) is 18.2 Å². The van der Waals surface area contributed by atoms with Gasteiger partial charge in [0.05, 0.1) is 5.56 Å². The molecule has 84 valence electrons. The van der Waals surface area contributed by atoms with Crippen LogP contribution in [0.25, 0.3) is 0 Å². The standard InChI is InChI=1S/C10H11ClF3N/c1-6(15)5-7-8(10(12,13)14)3-2-4-9(7)11/h2-4,6H,5,15H2,1H3. The first kappa shape index (κ1) is 12.3. The Hall–Kier alpha value is -0.740. The molecule has 1 aromatic carbocycles. The van der Waals surface area contributed by atoms with Gasteiger partial charge >= 0.3 is 6.18 Å². The van der Waals surface area contributed by atoms with Gasteiger partial charge in [0.25, 0.3) is 0 Å². The van der Waals surface area contributed by atoms with Crippen LogP contribution in [-0.2, 0) is 12.6 Å². The van der Waals surface area contributed by atoms with Gasteiger partial charge in [-0.05, 0) is 31.0 Å². The van der Waals surface area contributed by atoms with Crippen molar-refractivity contribution in [3.63, 3.8) is 0 Å². The van der Waals surface area contributed by atoms with Gasteiger partial charge in [-0.1, -0.05) is 17.7 Å². The number of hydrogen-bond donors (Lipinski definition) is 1. The molecule has 15 heavy (non-hydrogen) atoms. The summed E-state index contributed by atoms with van der Waals surface area (Å²) in [5.74, 6) is 0. The van der Waals surface area contributed by atoms with Crippen LogP contribution in [0.4, 0.5) is 13.2 Å². The molecule has 0 heterocycles. The Kier molecular flexibility index (Phi) is 3.62. The number of benzene rings is 1. The first-order valence-corrected chi connectivity index (χ1v) is 4.80. The molecular weight excluding hydrogens is 227 g/mol. The second-order valence-corrected chi connectivity index (χ2v) is 3.85. The van der Waals surface area contributed by atoms with Gasteiger partial charge in [-0.3, -0.25) is 0 Å². The van der Waals surface area contributed by atoms with E-state index >= 15 is 0 Å². The maximum atomic E-state index is 12.6. The van der Waals surface area contributed by atoms with Crippen LogP contribution < -0.4 is 5.73 Å². The first-order chi connectivity index (χ1) is 6.82. The van der Waals surface area contributed by atoms with Crippen LogP contribution in [0.3, 0.4) is 0 Å². The van der Waals surface area contributed by atoms with Gasteiger partial charge in [0, 0.05) is 11.1 Å². The molecule has 0 aliphatic carbocycles. The zero-order valence-corrected chi connectivity index (χ0v) is 8.86. The minimum Gasteiger partial charge on any atom is -0.328 e. The van der Waals surface area contributed by atoms with Gasteiger partial charge in [-0.2, -0.15) is 13.2 Å². The van der Waals surface area contributed by atoms with E-state index in [2.05, 4.69) is 0 Å². The average Bonchev–Trinajstić information content (AvgIpc) is 2.05. The fraction of sp³-hybridized carbons (Fsp3) is 0.400. The van der Waals surface area contributed by atoms with E-state index in [9.17, 15) is 13.2 Å². The first-order valence-electron chi connectivity index (χ1n) is 4.42. The Morgan fingerprint density at radius 2 is 2.00 bits per heavy atom. The van der Waals surface area contributed by atoms with Crippen molar-refractivity contribution >= 4 is 11.6 Å². The van der Waals surface area contributed by atoms with Crippen molar-refractivity contribution in [2.45, 2.75) is 25.6 Å². The quantitative estimate of drug-likeness (QED) is 0.840. The Morgan fingerprint density at radius 1 is 1.40 bits per heavy atom. The van der Waals surface area contributed by atoms with Crippen molar-refractivity contribution in [3.05, 3.63) is 34.3 Å². The van der Waals surface area contributed by atoms with E-state index < -0.39 is 11.7 Å². The predicted molar refractivity (Wildman–Crippen MR) is 53.8 cm³/mol. The van der Waals surface area contributed by atoms with E-state index in [1.807, 2.05) is 0 Å². The average molecular weight is 238 g/mol. The monoisotopic (exact) mass is 237 g/mol. The van der Waals surface area contributed by atoms with E-state index in [0.717, 1.165) is 6.07 Å². The summed E-state index contributed by atoms with van der Waals surface area (Å²) in [5, 5.41) is 0.113. The van der Waals surface area contributed by atoms with Crippen molar-refractivity contribution in [2.24, 2.45) is 5.73 Å². The zero-order valence-electron chi connectivity index (χ0n) is 8.11. The molecule has 2 N–H and O–H groups in total. The van der Waals surface area contributed by atoms with Crippen LogP contribution in [0.2, 0.25) is 5.02 Å². The Balaban J connectivity index is 3.21. The lowest BCUT2D eigenvalue weighted by Gasteiger charge is -2.15. The second kappa shape index (κ2) is 4.41. The zero-order chi connectivity index (χ0) is 11.6. The third-order valence-electron chi connectivity index (χ3n) is 1.95. The topological polar surface area (TPSA) is 26.0 Å². The number of alkyl halides is 3. The predicted octanol–water partition coefficient (Wildman–Crippen LogP) is 3.25. The Labute approximate surface area is 91.0 Å². The van der Waals surface area contributed by atoms with Crippen LogP contribution in [0.1, 0.15) is 18.1 Å². The molecule has 0 aliphatic heterocycles. The molecule has 0 saturated heterocycles. The van der Waals surface area contributed by atoms with Crippen molar-refractivity contribution in [2.75, 3.05) is 0 Å². The maximum absolute atomic E-state index is 12.6. The fourth-order valence-electron chi connectivity index (χ4n) is 1.35. The molecule has 0 saturated carbocycles. The maximum Gasteiger partial charge on any atom is 0.416 e. The van der Waals surface area contributed by atoms with Crippen molar-refractivity contribution in [1.29, 1.82) is 0 Å². The number of halogens is 4. The van der Waals surface area contributed by atoms with E-state index in [4.69, 9.17) is 17.3 Å². The second-order valence-electron chi connectivity index (χ2n) is 3.45. The van der Waals surface area contributed by atoms with E-state index in [0.29, 0.717) is 0 Å². The highest BCUT2D eigenvalue weighted by Crippen LogP contribution is 2.35. The minimum absolute atomic E-state index is 0.0710. The van der Waals surface area contributed by atoms with E-state index in [1.54, 1.807) is 6.92 Å². The van der Waals surface area contributed by atoms with Crippen LogP contribution in [-0.4, -0.2) is 6.04 Å². The lowest BCUT2D eigenvalue weighted by molar-refractivity contribution is -0.138. The molecule has 0 bridgehead atoms. The lowest BCUT2D eigenvalue weighted by Crippen LogP contribution is -2.21. The largest absolute Gasteiger partial charge is 0.416 e. The highest BCUT2D eigenvalue weighted by atomic mass is 35.5. The van der Waals surface area contributed by atoms with Crippen molar-refractivity contribution in [1.82, 2.24) is 0 Å². The molecule has 0 amide bonds. The molecule has 5 heteroatoms. The molecule has 0 spiro atoms. The number of hydrogen-bond acceptors (Lipinski definition) is 1. The molecule has 0 radical (unpaired) electrons. The summed E-state index contributed by atoms with van der Waals surface area (Å²) >= 11 is 5.72. The van der Waals surface area contributed by atoms with Gasteiger partial charge in [0.2, 0.25) is 0 Å². The summed E-state index contributed by atoms with van der Waals surface area (Å²) in [7, 11) is 0. The summed E-state index contributed by atoms with van der Waals surface area (Å²) in [6.07, 6.45) is -4.26. The third-order valence-corrected chi connectivity index (χ3v) is 2.30. The molecule has 1 atom stereocenters. The molecule has 1 rings (SSSR count). The highest BCUT2D eigenvalue weighted by Gasteiger charge is 2.33. The summed E-state index contributed by atoms with van der Waals surface area (Å²) in [5.41, 5.74) is 4.85. The number of rotatable bonds is 2. The Bertz CT molecular complexity index is 347. The molecule has 1 unspecified atom stereocenters. The van der Waals surface area contributed by atoms with Crippen LogP contribution in [0, 0.1) is 0 Å². The van der Waals surface area contributed by atoms with Crippen molar-refractivity contribution < 1.29 is 13.2 Å². The van der Waals surface area contributed by atoms with Gasteiger partial charge in [-0.25, -0.2) is 0 Å². The van der Waals surface area contributed by atoms with Gasteiger partial charge in [0.15, 0.2) is 0 Å². The van der Waals surface area contributed by atoms with E-state index in [-0.39, 0.29) is 23.0 Å². The molecule has 1 nitrogen and oxygen atoms in total.